The highest BCUT2D eigenvalue weighted by molar-refractivity contribution is 5.59. The van der Waals surface area contributed by atoms with E-state index in [0.717, 1.165) is 48.7 Å². The summed E-state index contributed by atoms with van der Waals surface area (Å²) in [4.78, 5) is 6.67. The van der Waals surface area contributed by atoms with Crippen LogP contribution in [0, 0.1) is 11.8 Å². The highest BCUT2D eigenvalue weighted by Crippen LogP contribution is 2.28. The number of nitrogens with zero attached hydrogens (tertiary/aromatic N) is 4. The molecule has 1 aliphatic rings. The van der Waals surface area contributed by atoms with E-state index in [1.807, 2.05) is 41.1 Å². The van der Waals surface area contributed by atoms with Gasteiger partial charge in [0.25, 0.3) is 0 Å². The van der Waals surface area contributed by atoms with Gasteiger partial charge in [-0.05, 0) is 62.7 Å². The smallest absolute Gasteiger partial charge is 0.167 e. The van der Waals surface area contributed by atoms with Crippen LogP contribution in [-0.2, 0) is 16.8 Å². The van der Waals surface area contributed by atoms with Crippen molar-refractivity contribution in [3.05, 3.63) is 95.2 Å². The normalized spacial score (nSPS) is 15.2. The van der Waals surface area contributed by atoms with Crippen LogP contribution < -0.4 is 0 Å². The Labute approximate surface area is 217 Å². The van der Waals surface area contributed by atoms with Crippen molar-refractivity contribution in [1.82, 2.24) is 19.6 Å². The molecule has 7 heteroatoms. The van der Waals surface area contributed by atoms with Crippen molar-refractivity contribution in [1.29, 1.82) is 0 Å². The lowest BCUT2D eigenvalue weighted by Crippen LogP contribution is -2.47. The van der Waals surface area contributed by atoms with Gasteiger partial charge in [-0.25, -0.2) is 4.98 Å². The van der Waals surface area contributed by atoms with Gasteiger partial charge in [0.05, 0.1) is 19.8 Å². The summed E-state index contributed by atoms with van der Waals surface area (Å²) in [5.74, 6) is 7.82. The quantitative estimate of drug-likeness (QED) is 0.393. The molecule has 0 spiro atoms. The monoisotopic (exact) mass is 496 g/mol. The van der Waals surface area contributed by atoms with Gasteiger partial charge in [0, 0.05) is 53.8 Å². The maximum Gasteiger partial charge on any atom is 0.167 e. The van der Waals surface area contributed by atoms with E-state index < -0.39 is 6.10 Å². The zero-order valence-corrected chi connectivity index (χ0v) is 21.5. The summed E-state index contributed by atoms with van der Waals surface area (Å²) in [5, 5.41) is 14.0. The predicted molar refractivity (Wildman–Crippen MR) is 142 cm³/mol. The number of aliphatic hydroxyl groups excluding tert-OH is 1. The average molecular weight is 497 g/mol. The first kappa shape index (κ1) is 25.0. The topological polar surface area (TPSA) is 76.6 Å². The molecule has 4 aromatic rings. The first-order valence-electron chi connectivity index (χ1n) is 12.6. The second-order valence-electron chi connectivity index (χ2n) is 9.83. The van der Waals surface area contributed by atoms with Crippen molar-refractivity contribution >= 4 is 0 Å². The van der Waals surface area contributed by atoms with Crippen molar-refractivity contribution in [2.75, 3.05) is 26.3 Å². The van der Waals surface area contributed by atoms with E-state index >= 15 is 0 Å². The van der Waals surface area contributed by atoms with Crippen LogP contribution in [0.4, 0.5) is 0 Å². The first-order chi connectivity index (χ1) is 17.9. The number of benzene rings is 2. The first-order valence-corrected chi connectivity index (χ1v) is 12.6. The summed E-state index contributed by atoms with van der Waals surface area (Å²) in [5.41, 5.74) is 4.86. The summed E-state index contributed by atoms with van der Waals surface area (Å²) >= 11 is 0. The predicted octanol–water partition coefficient (Wildman–Crippen LogP) is 4.61. The molecule has 1 atom stereocenters. The Morgan fingerprint density at radius 1 is 1.00 bits per heavy atom. The van der Waals surface area contributed by atoms with Crippen LogP contribution >= 0.6 is 0 Å². The third-order valence-electron chi connectivity index (χ3n) is 6.93. The number of rotatable bonds is 6. The molecular formula is C30H32N4O3. The lowest BCUT2D eigenvalue weighted by molar-refractivity contribution is -0.0118. The molecule has 1 N–H and O–H groups in total. The van der Waals surface area contributed by atoms with Crippen LogP contribution in [0.3, 0.4) is 0 Å². The molecule has 0 aliphatic carbocycles. The second-order valence-corrected chi connectivity index (χ2v) is 9.83. The SMILES string of the molecule is C[C@H](O)c1nccn1Cc1cc(-c2ccc(C#Cc3ccc(C(C)(C)N4CCOCC4)cc3)cc2)on1. The van der Waals surface area contributed by atoms with E-state index in [-0.39, 0.29) is 5.54 Å². The number of hydrogen-bond donors (Lipinski definition) is 1. The molecular weight excluding hydrogens is 464 g/mol. The van der Waals surface area contributed by atoms with Gasteiger partial charge < -0.3 is 18.9 Å². The molecule has 0 unspecified atom stereocenters. The van der Waals surface area contributed by atoms with Crippen LogP contribution in [0.15, 0.2) is 71.5 Å². The fraction of sp³-hybridized carbons (Fsp3) is 0.333. The third-order valence-corrected chi connectivity index (χ3v) is 6.93. The van der Waals surface area contributed by atoms with Crippen molar-refractivity contribution in [3.8, 4) is 23.2 Å². The molecule has 37 heavy (non-hydrogen) atoms. The number of hydrogen-bond acceptors (Lipinski definition) is 6. The fourth-order valence-corrected chi connectivity index (χ4v) is 4.65. The van der Waals surface area contributed by atoms with Crippen molar-refractivity contribution < 1.29 is 14.4 Å². The van der Waals surface area contributed by atoms with Crippen LogP contribution in [0.2, 0.25) is 0 Å². The molecule has 5 rings (SSSR count). The second kappa shape index (κ2) is 10.7. The van der Waals surface area contributed by atoms with Gasteiger partial charge in [-0.15, -0.1) is 0 Å². The molecule has 0 saturated carbocycles. The van der Waals surface area contributed by atoms with Gasteiger partial charge in [-0.1, -0.05) is 29.1 Å². The Hall–Kier alpha value is -3.70. The molecule has 1 aliphatic heterocycles. The molecule has 0 radical (unpaired) electrons. The summed E-state index contributed by atoms with van der Waals surface area (Å²) in [6, 6.07) is 18.4. The Bertz CT molecular complexity index is 1380. The lowest BCUT2D eigenvalue weighted by Gasteiger charge is -2.41. The van der Waals surface area contributed by atoms with E-state index in [1.54, 1.807) is 13.1 Å². The van der Waals surface area contributed by atoms with Gasteiger partial charge in [0.1, 0.15) is 17.6 Å². The molecule has 0 bridgehead atoms. The minimum absolute atomic E-state index is 0.0372. The Balaban J connectivity index is 1.23. The zero-order chi connectivity index (χ0) is 25.8. The van der Waals surface area contributed by atoms with Crippen molar-refractivity contribution in [3.63, 3.8) is 0 Å². The number of morpholine rings is 1. The van der Waals surface area contributed by atoms with Crippen LogP contribution in [0.5, 0.6) is 0 Å². The van der Waals surface area contributed by atoms with Crippen LogP contribution in [-0.4, -0.2) is 51.0 Å². The van der Waals surface area contributed by atoms with Gasteiger partial charge in [-0.3, -0.25) is 4.90 Å². The fourth-order valence-electron chi connectivity index (χ4n) is 4.65. The molecule has 7 nitrogen and oxygen atoms in total. The van der Waals surface area contributed by atoms with E-state index in [1.165, 1.54) is 5.56 Å². The van der Waals surface area contributed by atoms with Crippen molar-refractivity contribution in [2.24, 2.45) is 0 Å². The van der Waals surface area contributed by atoms with Gasteiger partial charge in [-0.2, -0.15) is 0 Å². The minimum Gasteiger partial charge on any atom is -0.385 e. The van der Waals surface area contributed by atoms with Gasteiger partial charge in [0.2, 0.25) is 0 Å². The molecule has 190 valence electrons. The van der Waals surface area contributed by atoms with E-state index in [0.29, 0.717) is 18.1 Å². The average Bonchev–Trinajstić information content (AvgIpc) is 3.59. The molecule has 0 amide bonds. The zero-order valence-electron chi connectivity index (χ0n) is 21.5. The lowest BCUT2D eigenvalue weighted by atomic mass is 9.91. The Morgan fingerprint density at radius 2 is 1.65 bits per heavy atom. The van der Waals surface area contributed by atoms with Gasteiger partial charge in [0.15, 0.2) is 5.76 Å². The van der Waals surface area contributed by atoms with E-state index in [4.69, 9.17) is 9.26 Å². The summed E-state index contributed by atoms with van der Waals surface area (Å²) in [7, 11) is 0. The number of aromatic nitrogens is 3. The number of imidazole rings is 1. The Kier molecular flexibility index (Phi) is 7.24. The largest absolute Gasteiger partial charge is 0.385 e. The standard InChI is InChI=1S/C30H32N4O3/c1-22(35)29-31-14-15-33(29)21-27-20-28(37-32-27)25-10-6-23(7-11-25)4-5-24-8-12-26(13-9-24)30(2,3)34-16-18-36-19-17-34/h6-15,20,22,35H,16-19,21H2,1-3H3/t22-/m0/s1. The highest BCUT2D eigenvalue weighted by Gasteiger charge is 2.29. The molecule has 1 saturated heterocycles. The van der Waals surface area contributed by atoms with Crippen LogP contribution in [0.1, 0.15) is 55.1 Å². The summed E-state index contributed by atoms with van der Waals surface area (Å²) < 4.78 is 12.9. The molecule has 3 heterocycles. The summed E-state index contributed by atoms with van der Waals surface area (Å²) in [6.45, 7) is 10.2. The van der Waals surface area contributed by atoms with E-state index in [9.17, 15) is 5.11 Å². The maximum absolute atomic E-state index is 9.85. The molecule has 2 aromatic carbocycles. The van der Waals surface area contributed by atoms with Crippen LogP contribution in [0.25, 0.3) is 11.3 Å². The minimum atomic E-state index is -0.644. The van der Waals surface area contributed by atoms with E-state index in [2.05, 4.69) is 65.0 Å². The maximum atomic E-state index is 9.85. The van der Waals surface area contributed by atoms with Crippen molar-refractivity contribution in [2.45, 2.75) is 39.0 Å². The summed E-state index contributed by atoms with van der Waals surface area (Å²) in [6.07, 6.45) is 2.85. The number of ether oxygens (including phenoxy) is 1. The Morgan fingerprint density at radius 3 is 2.30 bits per heavy atom. The van der Waals surface area contributed by atoms with Gasteiger partial charge >= 0.3 is 0 Å². The number of aliphatic hydroxyl groups is 1. The highest BCUT2D eigenvalue weighted by atomic mass is 16.5. The third kappa shape index (κ3) is 5.67. The molecule has 2 aromatic heterocycles. The molecule has 1 fully saturated rings.